The number of ketones is 1. The molecular formula is C24H22FN3O2. The average molecular weight is 403 g/mol. The van der Waals surface area contributed by atoms with Gasteiger partial charge in [-0.2, -0.15) is 5.10 Å². The fourth-order valence-corrected chi connectivity index (χ4v) is 3.90. The second kappa shape index (κ2) is 7.78. The number of hydrazone groups is 1. The summed E-state index contributed by atoms with van der Waals surface area (Å²) in [5.41, 5.74) is 5.50. The molecular weight excluding hydrogens is 381 g/mol. The number of fused-ring (bicyclic) bond motifs is 1. The number of hydrogen-bond donors (Lipinski definition) is 1. The van der Waals surface area contributed by atoms with Crippen LogP contribution in [0.15, 0.2) is 59.7 Å². The zero-order chi connectivity index (χ0) is 21.3. The summed E-state index contributed by atoms with van der Waals surface area (Å²) < 4.78 is 13.3. The van der Waals surface area contributed by atoms with Crippen molar-refractivity contribution in [3.63, 3.8) is 0 Å². The molecule has 30 heavy (non-hydrogen) atoms. The van der Waals surface area contributed by atoms with Crippen molar-refractivity contribution in [2.24, 2.45) is 10.5 Å². The van der Waals surface area contributed by atoms with Crippen molar-refractivity contribution in [2.45, 2.75) is 33.1 Å². The van der Waals surface area contributed by atoms with Crippen LogP contribution in [0.3, 0.4) is 0 Å². The molecule has 1 heterocycles. The first kappa shape index (κ1) is 19.9. The van der Waals surface area contributed by atoms with Gasteiger partial charge in [-0.3, -0.25) is 9.59 Å². The number of rotatable bonds is 3. The van der Waals surface area contributed by atoms with E-state index in [2.05, 4.69) is 15.5 Å². The first-order chi connectivity index (χ1) is 14.3. The lowest BCUT2D eigenvalue weighted by Crippen LogP contribution is -2.31. The fraction of sp³-hybridized carbons (Fsp3) is 0.250. The predicted molar refractivity (Wildman–Crippen MR) is 115 cm³/mol. The average Bonchev–Trinajstić information content (AvgIpc) is 2.70. The number of pyridine rings is 1. The van der Waals surface area contributed by atoms with Crippen molar-refractivity contribution in [1.82, 2.24) is 10.4 Å². The number of nitrogens with one attached hydrogen (secondary N) is 1. The summed E-state index contributed by atoms with van der Waals surface area (Å²) in [5.74, 6) is -0.578. The minimum Gasteiger partial charge on any atom is -0.299 e. The van der Waals surface area contributed by atoms with Gasteiger partial charge in [0.25, 0.3) is 5.91 Å². The Balaban J connectivity index is 1.69. The van der Waals surface area contributed by atoms with Crippen molar-refractivity contribution in [1.29, 1.82) is 0 Å². The number of amides is 1. The maximum absolute atomic E-state index is 13.3. The lowest BCUT2D eigenvalue weighted by Gasteiger charge is -2.29. The number of carbonyl (C=O) groups excluding carboxylic acids is 2. The molecule has 4 rings (SSSR count). The number of benzene rings is 2. The Morgan fingerprint density at radius 1 is 1.10 bits per heavy atom. The molecule has 152 valence electrons. The van der Waals surface area contributed by atoms with Crippen LogP contribution in [-0.4, -0.2) is 22.4 Å². The molecule has 1 fully saturated rings. The Bertz CT molecular complexity index is 1170. The molecule has 2 aromatic carbocycles. The fourth-order valence-electron chi connectivity index (χ4n) is 3.90. The summed E-state index contributed by atoms with van der Waals surface area (Å²) in [5, 5.41) is 4.95. The summed E-state index contributed by atoms with van der Waals surface area (Å²) >= 11 is 0. The van der Waals surface area contributed by atoms with E-state index in [1.54, 1.807) is 18.2 Å². The van der Waals surface area contributed by atoms with Crippen LogP contribution in [0, 0.1) is 11.2 Å². The summed E-state index contributed by atoms with van der Waals surface area (Å²) in [4.78, 5) is 29.6. The van der Waals surface area contributed by atoms with Crippen molar-refractivity contribution >= 4 is 28.3 Å². The molecule has 1 aromatic heterocycles. The molecule has 0 spiro atoms. The van der Waals surface area contributed by atoms with E-state index < -0.39 is 0 Å². The Morgan fingerprint density at radius 3 is 2.57 bits per heavy atom. The Kier molecular flexibility index (Phi) is 5.16. The molecule has 5 nitrogen and oxygen atoms in total. The normalized spacial score (nSPS) is 17.3. The summed E-state index contributed by atoms with van der Waals surface area (Å²) in [7, 11) is 0. The highest BCUT2D eigenvalue weighted by Gasteiger charge is 2.30. The molecule has 0 bridgehead atoms. The van der Waals surface area contributed by atoms with E-state index in [-0.39, 0.29) is 29.3 Å². The van der Waals surface area contributed by atoms with Gasteiger partial charge in [0.05, 0.1) is 16.8 Å². The molecule has 1 amide bonds. The number of halogens is 1. The van der Waals surface area contributed by atoms with E-state index in [4.69, 9.17) is 0 Å². The molecule has 1 aliphatic rings. The highest BCUT2D eigenvalue weighted by Crippen LogP contribution is 2.31. The lowest BCUT2D eigenvalue weighted by molar-refractivity contribution is -0.120. The zero-order valence-corrected chi connectivity index (χ0v) is 16.9. The highest BCUT2D eigenvalue weighted by atomic mass is 19.1. The largest absolute Gasteiger partial charge is 0.299 e. The van der Waals surface area contributed by atoms with Gasteiger partial charge in [0.2, 0.25) is 0 Å². The number of para-hydroxylation sites is 1. The van der Waals surface area contributed by atoms with Crippen LogP contribution in [-0.2, 0) is 4.79 Å². The smallest absolute Gasteiger partial charge is 0.272 e. The first-order valence-corrected chi connectivity index (χ1v) is 9.84. The van der Waals surface area contributed by atoms with Crippen LogP contribution in [0.25, 0.3) is 22.2 Å². The van der Waals surface area contributed by atoms with Crippen LogP contribution in [0.4, 0.5) is 4.39 Å². The van der Waals surface area contributed by atoms with Crippen LogP contribution < -0.4 is 5.43 Å². The van der Waals surface area contributed by atoms with Crippen molar-refractivity contribution < 1.29 is 14.0 Å². The molecule has 0 atom stereocenters. The lowest BCUT2D eigenvalue weighted by atomic mass is 9.76. The standard InChI is InChI=1S/C24H22FN3O2/c1-24(2)13-17(11-18(29)14-24)27-28-23(30)20-12-22(15-7-9-16(25)10-8-15)26-21-6-4-3-5-19(20)21/h3-10,12H,11,13-14H2,1-2H3,(H,28,30)/b27-17-. The van der Waals surface area contributed by atoms with Crippen LogP contribution >= 0.6 is 0 Å². The minimum absolute atomic E-state index is 0.132. The van der Waals surface area contributed by atoms with Gasteiger partial charge < -0.3 is 0 Å². The van der Waals surface area contributed by atoms with Crippen LogP contribution in [0.1, 0.15) is 43.5 Å². The molecule has 0 unspecified atom stereocenters. The van der Waals surface area contributed by atoms with Gasteiger partial charge in [0.15, 0.2) is 0 Å². The van der Waals surface area contributed by atoms with Gasteiger partial charge in [-0.25, -0.2) is 14.8 Å². The molecule has 0 radical (unpaired) electrons. The number of nitrogens with zero attached hydrogens (tertiary/aromatic N) is 2. The van der Waals surface area contributed by atoms with Gasteiger partial charge in [0, 0.05) is 29.5 Å². The Labute approximate surface area is 174 Å². The third kappa shape index (κ3) is 4.27. The quantitative estimate of drug-likeness (QED) is 0.632. The Hall–Kier alpha value is -3.41. The first-order valence-electron chi connectivity index (χ1n) is 9.84. The monoisotopic (exact) mass is 403 g/mol. The van der Waals surface area contributed by atoms with Crippen molar-refractivity contribution in [3.05, 3.63) is 66.0 Å². The molecule has 6 heteroatoms. The predicted octanol–water partition coefficient (Wildman–Crippen LogP) is 4.91. The SMILES string of the molecule is CC1(C)CC(=O)C/C(=N/NC(=O)c2cc(-c3ccc(F)cc3)nc3ccccc23)C1. The Morgan fingerprint density at radius 2 is 1.83 bits per heavy atom. The second-order valence-corrected chi connectivity index (χ2v) is 8.43. The van der Waals surface area contributed by atoms with Gasteiger partial charge in [-0.1, -0.05) is 32.0 Å². The topological polar surface area (TPSA) is 71.4 Å². The zero-order valence-electron chi connectivity index (χ0n) is 16.9. The molecule has 0 aliphatic heterocycles. The van der Waals surface area contributed by atoms with Gasteiger partial charge in [-0.05, 0) is 48.2 Å². The van der Waals surface area contributed by atoms with Crippen molar-refractivity contribution in [3.8, 4) is 11.3 Å². The third-order valence-corrected chi connectivity index (χ3v) is 5.18. The van der Waals surface area contributed by atoms with E-state index in [1.807, 2.05) is 38.1 Å². The van der Waals surface area contributed by atoms with Gasteiger partial charge in [0.1, 0.15) is 11.6 Å². The number of Topliss-reactive ketones (excluding diaryl/α,β-unsaturated/α-hetero) is 1. The maximum atomic E-state index is 13.3. The van der Waals surface area contributed by atoms with E-state index >= 15 is 0 Å². The van der Waals surface area contributed by atoms with Crippen LogP contribution in [0.5, 0.6) is 0 Å². The van der Waals surface area contributed by atoms with E-state index in [1.165, 1.54) is 12.1 Å². The number of hydrogen-bond acceptors (Lipinski definition) is 4. The van der Waals surface area contributed by atoms with E-state index in [0.29, 0.717) is 46.3 Å². The molecule has 3 aromatic rings. The summed E-state index contributed by atoms with van der Waals surface area (Å²) in [6.07, 6.45) is 1.45. The number of aromatic nitrogens is 1. The van der Waals surface area contributed by atoms with E-state index in [0.717, 1.165) is 0 Å². The minimum atomic E-state index is -0.375. The van der Waals surface area contributed by atoms with Crippen molar-refractivity contribution in [2.75, 3.05) is 0 Å². The molecule has 1 N–H and O–H groups in total. The molecule has 1 aliphatic carbocycles. The summed E-state index contributed by atoms with van der Waals surface area (Å²) in [6, 6.07) is 15.0. The maximum Gasteiger partial charge on any atom is 0.272 e. The second-order valence-electron chi connectivity index (χ2n) is 8.43. The number of carbonyl (C=O) groups is 2. The third-order valence-electron chi connectivity index (χ3n) is 5.18. The van der Waals surface area contributed by atoms with Gasteiger partial charge >= 0.3 is 0 Å². The molecule has 1 saturated carbocycles. The van der Waals surface area contributed by atoms with E-state index in [9.17, 15) is 14.0 Å². The van der Waals surface area contributed by atoms with Crippen LogP contribution in [0.2, 0.25) is 0 Å². The molecule has 0 saturated heterocycles. The van der Waals surface area contributed by atoms with Gasteiger partial charge in [-0.15, -0.1) is 0 Å². The summed E-state index contributed by atoms with van der Waals surface area (Å²) in [6.45, 7) is 4.04. The highest BCUT2D eigenvalue weighted by molar-refractivity contribution is 6.09.